The van der Waals surface area contributed by atoms with Gasteiger partial charge in [0.25, 0.3) is 0 Å². The Morgan fingerprint density at radius 2 is 1.78 bits per heavy atom. The van der Waals surface area contributed by atoms with Gasteiger partial charge in [0.05, 0.1) is 7.11 Å². The van der Waals surface area contributed by atoms with Gasteiger partial charge in [0.2, 0.25) is 11.8 Å². The van der Waals surface area contributed by atoms with Crippen LogP contribution in [0, 0.1) is 0 Å². The molecule has 3 aromatic rings. The van der Waals surface area contributed by atoms with Crippen molar-refractivity contribution in [2.75, 3.05) is 17.7 Å². The van der Waals surface area contributed by atoms with Crippen molar-refractivity contribution in [3.63, 3.8) is 0 Å². The first-order valence-electron chi connectivity index (χ1n) is 7.98. The molecule has 2 heterocycles. The number of carbonyl (C=O) groups is 1. The zero-order valence-electron chi connectivity index (χ0n) is 14.5. The fourth-order valence-electron chi connectivity index (χ4n) is 2.11. The van der Waals surface area contributed by atoms with Crippen molar-refractivity contribution in [2.24, 2.45) is 0 Å². The summed E-state index contributed by atoms with van der Waals surface area (Å²) < 4.78 is 10.8. The highest BCUT2D eigenvalue weighted by molar-refractivity contribution is 5.98. The van der Waals surface area contributed by atoms with Crippen LogP contribution in [0.2, 0.25) is 0 Å². The Hall–Kier alpha value is -3.94. The summed E-state index contributed by atoms with van der Waals surface area (Å²) in [5.74, 6) is 2.79. The highest BCUT2D eigenvalue weighted by Crippen LogP contribution is 2.24. The number of hydrogen-bond donors (Lipinski definition) is 2. The number of anilines is 3. The predicted octanol–water partition coefficient (Wildman–Crippen LogP) is 3.54. The normalized spacial score (nSPS) is 9.96. The lowest BCUT2D eigenvalue weighted by Gasteiger charge is -2.09. The predicted molar refractivity (Wildman–Crippen MR) is 101 cm³/mol. The molecule has 0 spiro atoms. The second kappa shape index (κ2) is 8.43. The molecule has 0 saturated heterocycles. The lowest BCUT2D eigenvalue weighted by Crippen LogP contribution is -2.09. The molecule has 8 heteroatoms. The van der Waals surface area contributed by atoms with Crippen LogP contribution in [0.5, 0.6) is 17.4 Å². The van der Waals surface area contributed by atoms with E-state index in [1.807, 2.05) is 0 Å². The number of nitrogens with zero attached hydrogens (tertiary/aromatic N) is 3. The number of ether oxygens (including phenoxy) is 2. The van der Waals surface area contributed by atoms with E-state index in [1.165, 1.54) is 12.4 Å². The third kappa shape index (κ3) is 5.02. The van der Waals surface area contributed by atoms with Gasteiger partial charge in [0.15, 0.2) is 0 Å². The second-order valence-corrected chi connectivity index (χ2v) is 5.25. The zero-order chi connectivity index (χ0) is 19.1. The quantitative estimate of drug-likeness (QED) is 0.620. The number of aromatic nitrogens is 3. The van der Waals surface area contributed by atoms with E-state index in [4.69, 9.17) is 9.47 Å². The van der Waals surface area contributed by atoms with Crippen molar-refractivity contribution in [3.05, 3.63) is 67.5 Å². The van der Waals surface area contributed by atoms with Crippen LogP contribution in [0.4, 0.5) is 17.5 Å². The maximum absolute atomic E-state index is 11.4. The lowest BCUT2D eigenvalue weighted by molar-refractivity contribution is -0.111. The third-order valence-electron chi connectivity index (χ3n) is 3.37. The van der Waals surface area contributed by atoms with Crippen LogP contribution in [0.1, 0.15) is 0 Å². The van der Waals surface area contributed by atoms with Crippen molar-refractivity contribution in [1.29, 1.82) is 0 Å². The molecular weight excluding hydrogens is 346 g/mol. The number of rotatable bonds is 7. The van der Waals surface area contributed by atoms with E-state index in [1.54, 1.807) is 55.6 Å². The van der Waals surface area contributed by atoms with Gasteiger partial charge in [-0.2, -0.15) is 0 Å². The number of methoxy groups -OCH3 is 1. The minimum Gasteiger partial charge on any atom is -0.497 e. The molecule has 1 amide bonds. The number of pyridine rings is 1. The van der Waals surface area contributed by atoms with E-state index >= 15 is 0 Å². The summed E-state index contributed by atoms with van der Waals surface area (Å²) >= 11 is 0. The maximum atomic E-state index is 11.4. The summed E-state index contributed by atoms with van der Waals surface area (Å²) in [5.41, 5.74) is 0. The first-order valence-corrected chi connectivity index (χ1v) is 7.98. The van der Waals surface area contributed by atoms with Crippen LogP contribution >= 0.6 is 0 Å². The summed E-state index contributed by atoms with van der Waals surface area (Å²) in [7, 11) is 1.60. The maximum Gasteiger partial charge on any atom is 0.248 e. The number of amides is 1. The molecular formula is C19H17N5O3. The Bertz CT molecular complexity index is 944. The molecule has 27 heavy (non-hydrogen) atoms. The van der Waals surface area contributed by atoms with Crippen LogP contribution in [0.25, 0.3) is 0 Å². The average Bonchev–Trinajstić information content (AvgIpc) is 2.69. The van der Waals surface area contributed by atoms with Crippen molar-refractivity contribution < 1.29 is 14.3 Å². The molecule has 0 aliphatic rings. The number of nitrogens with one attached hydrogen (secondary N) is 2. The molecule has 0 atom stereocenters. The fourth-order valence-corrected chi connectivity index (χ4v) is 2.11. The van der Waals surface area contributed by atoms with Gasteiger partial charge in [-0.1, -0.05) is 12.6 Å². The summed E-state index contributed by atoms with van der Waals surface area (Å²) in [6, 6.07) is 14.0. The Morgan fingerprint density at radius 1 is 1.04 bits per heavy atom. The molecule has 0 aliphatic heterocycles. The Morgan fingerprint density at radius 3 is 2.52 bits per heavy atom. The van der Waals surface area contributed by atoms with Crippen LogP contribution in [-0.2, 0) is 4.79 Å². The smallest absolute Gasteiger partial charge is 0.248 e. The monoisotopic (exact) mass is 363 g/mol. The molecule has 2 N–H and O–H groups in total. The minimum absolute atomic E-state index is 0.336. The van der Waals surface area contributed by atoms with Crippen molar-refractivity contribution in [2.45, 2.75) is 0 Å². The van der Waals surface area contributed by atoms with Gasteiger partial charge in [-0.15, -0.1) is 0 Å². The fraction of sp³-hybridized carbons (Fsp3) is 0.0526. The van der Waals surface area contributed by atoms with Gasteiger partial charge in [0.1, 0.15) is 35.3 Å². The summed E-state index contributed by atoms with van der Waals surface area (Å²) in [5, 5.41) is 5.64. The largest absolute Gasteiger partial charge is 0.497 e. The molecule has 1 aromatic carbocycles. The van der Waals surface area contributed by atoms with Gasteiger partial charge in [-0.3, -0.25) is 4.79 Å². The van der Waals surface area contributed by atoms with Gasteiger partial charge >= 0.3 is 0 Å². The molecule has 8 nitrogen and oxygen atoms in total. The van der Waals surface area contributed by atoms with Crippen LogP contribution in [-0.4, -0.2) is 28.0 Å². The van der Waals surface area contributed by atoms with Crippen molar-refractivity contribution >= 4 is 23.4 Å². The van der Waals surface area contributed by atoms with Gasteiger partial charge in [-0.25, -0.2) is 15.0 Å². The Balaban J connectivity index is 1.71. The number of benzene rings is 1. The van der Waals surface area contributed by atoms with Crippen molar-refractivity contribution in [1.82, 2.24) is 15.0 Å². The lowest BCUT2D eigenvalue weighted by atomic mass is 10.3. The molecule has 0 fully saturated rings. The van der Waals surface area contributed by atoms with E-state index in [9.17, 15) is 4.79 Å². The SMILES string of the molecule is C=CC(=O)Nc1cccc(Nc2cc(Oc3ccc(OC)cc3)ncn2)n1. The average molecular weight is 363 g/mol. The third-order valence-corrected chi connectivity index (χ3v) is 3.37. The molecule has 0 radical (unpaired) electrons. The number of carbonyl (C=O) groups excluding carboxylic acids is 1. The van der Waals surface area contributed by atoms with E-state index in [-0.39, 0.29) is 5.91 Å². The van der Waals surface area contributed by atoms with E-state index < -0.39 is 0 Å². The van der Waals surface area contributed by atoms with Crippen LogP contribution < -0.4 is 20.1 Å². The standard InChI is InChI=1S/C19H17N5O3/c1-3-18(25)24-16-6-4-5-15(22-16)23-17-11-19(21-12-20-17)27-14-9-7-13(26-2)8-10-14/h3-12H,1H2,2H3,(H2,20,21,22,23,24,25). The molecule has 0 bridgehead atoms. The van der Waals surface area contributed by atoms with E-state index in [2.05, 4.69) is 32.2 Å². The van der Waals surface area contributed by atoms with Gasteiger partial charge in [0, 0.05) is 6.07 Å². The topological polar surface area (TPSA) is 98.3 Å². The highest BCUT2D eigenvalue weighted by atomic mass is 16.5. The minimum atomic E-state index is -0.336. The second-order valence-electron chi connectivity index (χ2n) is 5.25. The first kappa shape index (κ1) is 17.9. The van der Waals surface area contributed by atoms with Gasteiger partial charge < -0.3 is 20.1 Å². The highest BCUT2D eigenvalue weighted by Gasteiger charge is 2.05. The van der Waals surface area contributed by atoms with Crippen LogP contribution in [0.3, 0.4) is 0 Å². The molecule has 2 aromatic heterocycles. The summed E-state index contributed by atoms with van der Waals surface area (Å²) in [6.07, 6.45) is 2.56. The van der Waals surface area contributed by atoms with E-state index in [0.29, 0.717) is 29.1 Å². The molecule has 0 aliphatic carbocycles. The Kier molecular flexibility index (Phi) is 5.58. The van der Waals surface area contributed by atoms with Gasteiger partial charge in [-0.05, 0) is 42.5 Å². The zero-order valence-corrected chi connectivity index (χ0v) is 14.5. The number of hydrogen-bond acceptors (Lipinski definition) is 7. The van der Waals surface area contributed by atoms with E-state index in [0.717, 1.165) is 5.75 Å². The van der Waals surface area contributed by atoms with Crippen molar-refractivity contribution in [3.8, 4) is 17.4 Å². The molecule has 0 saturated carbocycles. The molecule has 3 rings (SSSR count). The first-order chi connectivity index (χ1) is 13.2. The Labute approximate surface area is 155 Å². The summed E-state index contributed by atoms with van der Waals surface area (Å²) in [6.45, 7) is 3.41. The van der Waals surface area contributed by atoms with Crippen LogP contribution in [0.15, 0.2) is 67.5 Å². The summed E-state index contributed by atoms with van der Waals surface area (Å²) in [4.78, 5) is 23.9. The molecule has 0 unspecified atom stereocenters. The molecule has 136 valence electrons.